The summed E-state index contributed by atoms with van der Waals surface area (Å²) in [5, 5.41) is 21.7. The van der Waals surface area contributed by atoms with Gasteiger partial charge in [-0.2, -0.15) is 0 Å². The first kappa shape index (κ1) is 22.1. The lowest BCUT2D eigenvalue weighted by molar-refractivity contribution is 0.0330. The maximum atomic E-state index is 14.3. The molecule has 2 fully saturated rings. The van der Waals surface area contributed by atoms with Gasteiger partial charge in [0.2, 0.25) is 5.43 Å². The molecule has 35 heavy (non-hydrogen) atoms. The van der Waals surface area contributed by atoms with E-state index in [2.05, 4.69) is 10.2 Å². The molecule has 2 unspecified atom stereocenters. The summed E-state index contributed by atoms with van der Waals surface area (Å²) in [6.07, 6.45) is 4.42. The summed E-state index contributed by atoms with van der Waals surface area (Å²) < 4.78 is 29.2. The van der Waals surface area contributed by atoms with Crippen molar-refractivity contribution in [2.45, 2.75) is 37.8 Å². The molecular formula is C24H23F2N5O3S. The number of carbonyl (C=O) groups excluding carboxylic acids is 1. The second-order valence-corrected chi connectivity index (χ2v) is 10.7. The zero-order chi connectivity index (χ0) is 24.8. The Hall–Kier alpha value is -3.34. The predicted octanol–water partition coefficient (Wildman–Crippen LogP) is 3.28. The SMILES string of the molecule is CC(c1nnc(-c2cn3c(c(O)c2=O)C(=O)N(C)C2(CC[C@@H]4C[C@@H]42)N3C)s1)c1ccc(F)cc1F. The van der Waals surface area contributed by atoms with Crippen molar-refractivity contribution in [2.75, 3.05) is 19.1 Å². The fourth-order valence-electron chi connectivity index (χ4n) is 5.95. The van der Waals surface area contributed by atoms with Crippen molar-refractivity contribution in [1.82, 2.24) is 19.8 Å². The lowest BCUT2D eigenvalue weighted by Crippen LogP contribution is -2.68. The highest BCUT2D eigenvalue weighted by Gasteiger charge is 2.65. The van der Waals surface area contributed by atoms with Crippen LogP contribution in [0.5, 0.6) is 5.75 Å². The van der Waals surface area contributed by atoms with E-state index >= 15 is 0 Å². The van der Waals surface area contributed by atoms with Gasteiger partial charge in [0.15, 0.2) is 16.5 Å². The van der Waals surface area contributed by atoms with E-state index in [1.165, 1.54) is 18.3 Å². The molecule has 1 spiro atoms. The first-order valence-corrected chi connectivity index (χ1v) is 12.3. The number of pyridine rings is 1. The minimum absolute atomic E-state index is 0.0787. The van der Waals surface area contributed by atoms with E-state index in [9.17, 15) is 23.5 Å². The van der Waals surface area contributed by atoms with E-state index in [0.717, 1.165) is 36.7 Å². The molecule has 1 N–H and O–H groups in total. The Balaban J connectivity index is 1.43. The molecule has 6 rings (SSSR count). The minimum Gasteiger partial charge on any atom is -0.502 e. The molecule has 1 aromatic carbocycles. The van der Waals surface area contributed by atoms with E-state index in [-0.39, 0.29) is 21.8 Å². The summed E-state index contributed by atoms with van der Waals surface area (Å²) in [7, 11) is 3.60. The molecule has 1 aliphatic heterocycles. The van der Waals surface area contributed by atoms with E-state index in [4.69, 9.17) is 0 Å². The van der Waals surface area contributed by atoms with Gasteiger partial charge in [0.05, 0.1) is 5.56 Å². The number of aromatic hydroxyl groups is 1. The van der Waals surface area contributed by atoms with Crippen LogP contribution in [0.1, 0.15) is 53.2 Å². The van der Waals surface area contributed by atoms with Crippen LogP contribution >= 0.6 is 11.3 Å². The maximum Gasteiger partial charge on any atom is 0.278 e. The van der Waals surface area contributed by atoms with E-state index in [0.29, 0.717) is 16.8 Å². The number of hydrogen-bond acceptors (Lipinski definition) is 7. The van der Waals surface area contributed by atoms with Crippen LogP contribution in [-0.4, -0.2) is 50.5 Å². The van der Waals surface area contributed by atoms with Gasteiger partial charge in [-0.15, -0.1) is 10.2 Å². The lowest BCUT2D eigenvalue weighted by Gasteiger charge is -2.52. The largest absolute Gasteiger partial charge is 0.502 e. The Morgan fingerprint density at radius 1 is 1.23 bits per heavy atom. The molecule has 3 heterocycles. The second kappa shape index (κ2) is 7.33. The lowest BCUT2D eigenvalue weighted by atomic mass is 9.98. The number of hydrogen-bond donors (Lipinski definition) is 1. The molecule has 2 aromatic heterocycles. The first-order valence-electron chi connectivity index (χ1n) is 11.4. The number of rotatable bonds is 3. The predicted molar refractivity (Wildman–Crippen MR) is 125 cm³/mol. The fourth-order valence-corrected chi connectivity index (χ4v) is 6.87. The van der Waals surface area contributed by atoms with Crippen LogP contribution in [0.25, 0.3) is 10.6 Å². The third-order valence-corrected chi connectivity index (χ3v) is 9.15. The zero-order valence-electron chi connectivity index (χ0n) is 19.3. The van der Waals surface area contributed by atoms with Gasteiger partial charge in [0, 0.05) is 38.2 Å². The number of nitrogens with zero attached hydrogens (tertiary/aromatic N) is 5. The van der Waals surface area contributed by atoms with Gasteiger partial charge >= 0.3 is 0 Å². The number of carbonyl (C=O) groups is 1. The van der Waals surface area contributed by atoms with Crippen molar-refractivity contribution < 1.29 is 18.7 Å². The summed E-state index contributed by atoms with van der Waals surface area (Å²) in [5.41, 5.74) is -0.943. The van der Waals surface area contributed by atoms with E-state index in [1.54, 1.807) is 23.5 Å². The van der Waals surface area contributed by atoms with Crippen LogP contribution in [0.3, 0.4) is 0 Å². The average molecular weight is 500 g/mol. The number of aromatic nitrogens is 3. The Labute approximate surface area is 203 Å². The van der Waals surface area contributed by atoms with Crippen molar-refractivity contribution in [3.05, 3.63) is 62.5 Å². The van der Waals surface area contributed by atoms with Crippen LogP contribution in [-0.2, 0) is 0 Å². The van der Waals surface area contributed by atoms with Crippen LogP contribution < -0.4 is 10.4 Å². The Bertz CT molecular complexity index is 1460. The van der Waals surface area contributed by atoms with Crippen molar-refractivity contribution in [3.63, 3.8) is 0 Å². The minimum atomic E-state index is -0.721. The number of amides is 1. The summed E-state index contributed by atoms with van der Waals surface area (Å²) in [5.74, 6) is -1.99. The van der Waals surface area contributed by atoms with Gasteiger partial charge in [-0.3, -0.25) is 19.3 Å². The molecule has 11 heteroatoms. The molecule has 4 atom stereocenters. The highest BCUT2D eigenvalue weighted by molar-refractivity contribution is 7.14. The molecule has 2 aliphatic carbocycles. The van der Waals surface area contributed by atoms with Crippen molar-refractivity contribution in [1.29, 1.82) is 0 Å². The summed E-state index contributed by atoms with van der Waals surface area (Å²) in [6, 6.07) is 3.35. The van der Waals surface area contributed by atoms with Gasteiger partial charge in [-0.1, -0.05) is 24.3 Å². The van der Waals surface area contributed by atoms with Gasteiger partial charge in [0.1, 0.15) is 22.3 Å². The maximum absolute atomic E-state index is 14.3. The number of fused-ring (bicyclic) bond motifs is 3. The highest BCUT2D eigenvalue weighted by atomic mass is 32.1. The third-order valence-electron chi connectivity index (χ3n) is 8.01. The Morgan fingerprint density at radius 2 is 2.00 bits per heavy atom. The molecule has 3 aromatic rings. The van der Waals surface area contributed by atoms with Gasteiger partial charge in [-0.05, 0) is 36.8 Å². The highest BCUT2D eigenvalue weighted by Crippen LogP contribution is 2.61. The normalized spacial score (nSPS) is 25.7. The monoisotopic (exact) mass is 499 g/mol. The van der Waals surface area contributed by atoms with Crippen molar-refractivity contribution in [3.8, 4) is 16.3 Å². The third kappa shape index (κ3) is 2.93. The molecule has 0 radical (unpaired) electrons. The molecule has 0 bridgehead atoms. The zero-order valence-corrected chi connectivity index (χ0v) is 20.1. The average Bonchev–Trinajstić information content (AvgIpc) is 3.28. The molecule has 0 saturated heterocycles. The van der Waals surface area contributed by atoms with Crippen molar-refractivity contribution in [2.24, 2.45) is 11.8 Å². The number of benzene rings is 1. The summed E-state index contributed by atoms with van der Waals surface area (Å²) in [6.45, 7) is 1.72. The quantitative estimate of drug-likeness (QED) is 0.595. The summed E-state index contributed by atoms with van der Waals surface area (Å²) >= 11 is 1.09. The van der Waals surface area contributed by atoms with Gasteiger partial charge in [-0.25, -0.2) is 8.78 Å². The van der Waals surface area contributed by atoms with E-state index in [1.807, 2.05) is 12.1 Å². The molecule has 182 valence electrons. The van der Waals surface area contributed by atoms with Crippen LogP contribution in [0.4, 0.5) is 8.78 Å². The van der Waals surface area contributed by atoms with Crippen LogP contribution in [0.2, 0.25) is 0 Å². The number of halogens is 2. The molecule has 1 amide bonds. The standard InChI is InChI=1S/C24H23F2N5O3S/c1-11(14-5-4-13(25)9-17(14)26)21-27-28-22(35-21)15-10-31-18(20(33)19(15)32)23(34)29(2)24(30(31)3)7-6-12-8-16(12)24/h4-5,9-12,16,33H,6-8H2,1-3H3/t11?,12-,16+,24?/m1/s1. The molecule has 8 nitrogen and oxygen atoms in total. The Kier molecular flexibility index (Phi) is 4.64. The summed E-state index contributed by atoms with van der Waals surface area (Å²) in [4.78, 5) is 28.1. The van der Waals surface area contributed by atoms with E-state index < -0.39 is 40.3 Å². The Morgan fingerprint density at radius 3 is 2.66 bits per heavy atom. The van der Waals surface area contributed by atoms with Gasteiger partial charge in [0.25, 0.3) is 5.91 Å². The second-order valence-electron chi connectivity index (χ2n) is 9.65. The fraction of sp³-hybridized carbons (Fsp3) is 0.417. The van der Waals surface area contributed by atoms with Gasteiger partial charge < -0.3 is 10.0 Å². The molecule has 3 aliphatic rings. The first-order chi connectivity index (χ1) is 16.6. The molecular weight excluding hydrogens is 476 g/mol. The van der Waals surface area contributed by atoms with Crippen LogP contribution in [0, 0.1) is 23.5 Å². The van der Waals surface area contributed by atoms with Crippen molar-refractivity contribution >= 4 is 17.2 Å². The van der Waals surface area contributed by atoms with Crippen LogP contribution in [0.15, 0.2) is 29.2 Å². The smallest absolute Gasteiger partial charge is 0.278 e. The topological polar surface area (TPSA) is 91.6 Å². The molecule has 2 saturated carbocycles.